The van der Waals surface area contributed by atoms with Crippen LogP contribution in [0.4, 0.5) is 4.39 Å². The van der Waals surface area contributed by atoms with Crippen molar-refractivity contribution >= 4 is 0 Å². The Balaban J connectivity index is 1.63. The Hall–Kier alpha value is -1.09. The Bertz CT molecular complexity index is 404. The summed E-state index contributed by atoms with van der Waals surface area (Å²) < 4.78 is 18.4. The summed E-state index contributed by atoms with van der Waals surface area (Å²) >= 11 is 0. The van der Waals surface area contributed by atoms with Gasteiger partial charge in [0.2, 0.25) is 0 Å². The van der Waals surface area contributed by atoms with E-state index in [0.717, 1.165) is 18.7 Å². The zero-order chi connectivity index (χ0) is 15.1. The third kappa shape index (κ3) is 4.70. The van der Waals surface area contributed by atoms with Crippen LogP contribution in [0, 0.1) is 11.2 Å². The standard InChI is InChI=1S/C18H28FNO/c1-3-18(4-2)10-13-20(14-11-18)12-5-15-21-17-8-6-16(19)7-9-17/h6-9H,3-5,10-15H2,1-2H3. The van der Waals surface area contributed by atoms with Crippen LogP contribution in [0.1, 0.15) is 46.0 Å². The van der Waals surface area contributed by atoms with E-state index in [1.807, 2.05) is 0 Å². The van der Waals surface area contributed by atoms with Crippen molar-refractivity contribution in [1.29, 1.82) is 0 Å². The molecular weight excluding hydrogens is 265 g/mol. The zero-order valence-electron chi connectivity index (χ0n) is 13.4. The summed E-state index contributed by atoms with van der Waals surface area (Å²) in [6.07, 6.45) is 6.32. The van der Waals surface area contributed by atoms with E-state index < -0.39 is 0 Å². The highest BCUT2D eigenvalue weighted by atomic mass is 19.1. The summed E-state index contributed by atoms with van der Waals surface area (Å²) in [5.41, 5.74) is 0.598. The summed E-state index contributed by atoms with van der Waals surface area (Å²) in [5, 5.41) is 0. The quantitative estimate of drug-likeness (QED) is 0.686. The van der Waals surface area contributed by atoms with Crippen molar-refractivity contribution in [3.63, 3.8) is 0 Å². The van der Waals surface area contributed by atoms with Crippen molar-refractivity contribution in [3.8, 4) is 5.75 Å². The van der Waals surface area contributed by atoms with Gasteiger partial charge in [0, 0.05) is 6.54 Å². The number of ether oxygens (including phenoxy) is 1. The molecule has 1 aliphatic rings. The van der Waals surface area contributed by atoms with Gasteiger partial charge in [0.05, 0.1) is 6.61 Å². The van der Waals surface area contributed by atoms with Crippen LogP contribution >= 0.6 is 0 Å². The van der Waals surface area contributed by atoms with Crippen LogP contribution in [0.15, 0.2) is 24.3 Å². The molecule has 0 radical (unpaired) electrons. The Morgan fingerprint density at radius 2 is 1.71 bits per heavy atom. The first-order chi connectivity index (χ1) is 10.2. The molecule has 2 nitrogen and oxygen atoms in total. The van der Waals surface area contributed by atoms with Crippen LogP contribution < -0.4 is 4.74 Å². The number of halogens is 1. The van der Waals surface area contributed by atoms with E-state index in [9.17, 15) is 4.39 Å². The highest BCUT2D eigenvalue weighted by molar-refractivity contribution is 5.21. The summed E-state index contributed by atoms with van der Waals surface area (Å²) in [5.74, 6) is 0.539. The molecule has 0 bridgehead atoms. The monoisotopic (exact) mass is 293 g/mol. The van der Waals surface area contributed by atoms with Gasteiger partial charge in [0.25, 0.3) is 0 Å². The molecule has 0 N–H and O–H groups in total. The second-order valence-electron chi connectivity index (χ2n) is 6.20. The SMILES string of the molecule is CCC1(CC)CCN(CCCOc2ccc(F)cc2)CC1. The van der Waals surface area contributed by atoms with Gasteiger partial charge in [0.15, 0.2) is 0 Å². The fourth-order valence-corrected chi connectivity index (χ4v) is 3.22. The van der Waals surface area contributed by atoms with Gasteiger partial charge in [-0.25, -0.2) is 4.39 Å². The van der Waals surface area contributed by atoms with Crippen LogP contribution in [0.3, 0.4) is 0 Å². The minimum atomic E-state index is -0.217. The molecule has 0 atom stereocenters. The lowest BCUT2D eigenvalue weighted by Crippen LogP contribution is -2.40. The first-order valence-electron chi connectivity index (χ1n) is 8.28. The maximum atomic E-state index is 12.8. The van der Waals surface area contributed by atoms with E-state index in [0.29, 0.717) is 12.0 Å². The Kier molecular flexibility index (Phi) is 6.04. The molecule has 1 fully saturated rings. The molecule has 1 aromatic rings. The fourth-order valence-electron chi connectivity index (χ4n) is 3.22. The van der Waals surface area contributed by atoms with E-state index in [1.54, 1.807) is 12.1 Å². The van der Waals surface area contributed by atoms with E-state index >= 15 is 0 Å². The number of hydrogen-bond donors (Lipinski definition) is 0. The highest BCUT2D eigenvalue weighted by Crippen LogP contribution is 2.37. The molecule has 0 aromatic heterocycles. The molecule has 1 aromatic carbocycles. The molecule has 0 saturated carbocycles. The van der Waals surface area contributed by atoms with Gasteiger partial charge in [0.1, 0.15) is 11.6 Å². The number of benzene rings is 1. The molecule has 1 saturated heterocycles. The van der Waals surface area contributed by atoms with Gasteiger partial charge in [-0.1, -0.05) is 26.7 Å². The third-order valence-corrected chi connectivity index (χ3v) is 5.12. The topological polar surface area (TPSA) is 12.5 Å². The average Bonchev–Trinajstić information content (AvgIpc) is 2.54. The van der Waals surface area contributed by atoms with Gasteiger partial charge in [-0.2, -0.15) is 0 Å². The van der Waals surface area contributed by atoms with Gasteiger partial charge in [-0.05, 0) is 62.0 Å². The normalized spacial score (nSPS) is 18.6. The third-order valence-electron chi connectivity index (χ3n) is 5.12. The Morgan fingerprint density at radius 1 is 1.10 bits per heavy atom. The number of likely N-dealkylation sites (tertiary alicyclic amines) is 1. The second-order valence-corrected chi connectivity index (χ2v) is 6.20. The van der Waals surface area contributed by atoms with Crippen molar-refractivity contribution in [2.24, 2.45) is 5.41 Å². The summed E-state index contributed by atoms with van der Waals surface area (Å²) in [4.78, 5) is 2.55. The van der Waals surface area contributed by atoms with Gasteiger partial charge >= 0.3 is 0 Å². The maximum Gasteiger partial charge on any atom is 0.123 e. The highest BCUT2D eigenvalue weighted by Gasteiger charge is 2.30. The number of nitrogens with zero attached hydrogens (tertiary/aromatic N) is 1. The minimum Gasteiger partial charge on any atom is -0.494 e. The van der Waals surface area contributed by atoms with Crippen molar-refractivity contribution in [1.82, 2.24) is 4.90 Å². The van der Waals surface area contributed by atoms with E-state index in [4.69, 9.17) is 4.74 Å². The number of hydrogen-bond acceptors (Lipinski definition) is 2. The molecule has 21 heavy (non-hydrogen) atoms. The largest absolute Gasteiger partial charge is 0.494 e. The van der Waals surface area contributed by atoms with Crippen molar-refractivity contribution in [2.45, 2.75) is 46.0 Å². The smallest absolute Gasteiger partial charge is 0.123 e. The van der Waals surface area contributed by atoms with Crippen LogP contribution in [0.2, 0.25) is 0 Å². The Labute approximate surface area is 128 Å². The predicted octanol–water partition coefficient (Wildman–Crippen LogP) is 4.50. The number of rotatable bonds is 7. The second kappa shape index (κ2) is 7.79. The molecule has 3 heteroatoms. The lowest BCUT2D eigenvalue weighted by atomic mass is 9.74. The Morgan fingerprint density at radius 3 is 2.29 bits per heavy atom. The van der Waals surface area contributed by atoms with Crippen LogP contribution in [0.25, 0.3) is 0 Å². The number of piperidine rings is 1. The van der Waals surface area contributed by atoms with Crippen LogP contribution in [-0.2, 0) is 0 Å². The first kappa shape index (κ1) is 16.3. The molecule has 118 valence electrons. The van der Waals surface area contributed by atoms with Crippen molar-refractivity contribution < 1.29 is 9.13 Å². The zero-order valence-corrected chi connectivity index (χ0v) is 13.4. The average molecular weight is 293 g/mol. The summed E-state index contributed by atoms with van der Waals surface area (Å²) in [7, 11) is 0. The first-order valence-corrected chi connectivity index (χ1v) is 8.28. The molecule has 0 unspecified atom stereocenters. The molecule has 0 aliphatic carbocycles. The lowest BCUT2D eigenvalue weighted by molar-refractivity contribution is 0.0915. The fraction of sp³-hybridized carbons (Fsp3) is 0.667. The molecule has 0 spiro atoms. The van der Waals surface area contributed by atoms with Gasteiger partial charge < -0.3 is 9.64 Å². The maximum absolute atomic E-state index is 12.8. The predicted molar refractivity (Wildman–Crippen MR) is 85.2 cm³/mol. The van der Waals surface area contributed by atoms with Gasteiger partial charge in [-0.3, -0.25) is 0 Å². The summed E-state index contributed by atoms with van der Waals surface area (Å²) in [6.45, 7) is 8.90. The lowest BCUT2D eigenvalue weighted by Gasteiger charge is -2.41. The minimum absolute atomic E-state index is 0.217. The molecule has 1 aliphatic heterocycles. The van der Waals surface area contributed by atoms with Crippen LogP contribution in [-0.4, -0.2) is 31.1 Å². The van der Waals surface area contributed by atoms with Gasteiger partial charge in [-0.15, -0.1) is 0 Å². The van der Waals surface area contributed by atoms with E-state index in [-0.39, 0.29) is 5.82 Å². The molecule has 1 heterocycles. The van der Waals surface area contributed by atoms with Crippen LogP contribution in [0.5, 0.6) is 5.75 Å². The van der Waals surface area contributed by atoms with Crippen molar-refractivity contribution in [2.75, 3.05) is 26.2 Å². The molecule has 0 amide bonds. The molecular formula is C18H28FNO. The van der Waals surface area contributed by atoms with Crippen molar-refractivity contribution in [3.05, 3.63) is 30.1 Å². The van der Waals surface area contributed by atoms with E-state index in [1.165, 1.54) is 50.9 Å². The molecule has 2 rings (SSSR count). The summed E-state index contributed by atoms with van der Waals surface area (Å²) in [6, 6.07) is 6.25. The van der Waals surface area contributed by atoms with E-state index in [2.05, 4.69) is 18.7 Å².